The Hall–Kier alpha value is -1.15. The van der Waals surface area contributed by atoms with Crippen LogP contribution in [-0.4, -0.2) is 0 Å². The summed E-state index contributed by atoms with van der Waals surface area (Å²) in [5, 5.41) is 1.01. The summed E-state index contributed by atoms with van der Waals surface area (Å²) in [7, 11) is 0. The van der Waals surface area contributed by atoms with Crippen molar-refractivity contribution in [1.29, 1.82) is 0 Å². The molecule has 0 N–H and O–H groups in total. The lowest BCUT2D eigenvalue weighted by Crippen LogP contribution is -1.76. The third kappa shape index (κ3) is 1.36. The highest BCUT2D eigenvalue weighted by Crippen LogP contribution is 2.34. The Balaban J connectivity index is 2.80. The van der Waals surface area contributed by atoms with Crippen LogP contribution in [0.2, 0.25) is 0 Å². The number of rotatable bonds is 1. The molecule has 1 aromatic heterocycles. The molecule has 0 unspecified atom stereocenters. The van der Waals surface area contributed by atoms with E-state index in [0.29, 0.717) is 0 Å². The van der Waals surface area contributed by atoms with Crippen molar-refractivity contribution < 1.29 is 4.39 Å². The fraction of sp³-hybridized carbons (Fsp3) is 0.167. The monoisotopic (exact) mass is 206 g/mol. The summed E-state index contributed by atoms with van der Waals surface area (Å²) in [6.45, 7) is 7.92. The molecule has 0 saturated heterocycles. The molecule has 0 fully saturated rings. The third-order valence-electron chi connectivity index (χ3n) is 2.29. The van der Waals surface area contributed by atoms with Gasteiger partial charge in [0.05, 0.1) is 0 Å². The van der Waals surface area contributed by atoms with E-state index in [2.05, 4.69) is 6.58 Å². The number of allylic oxidation sites excluding steroid dienone is 1. The number of aryl methyl sites for hydroxylation is 1. The molecule has 0 atom stereocenters. The van der Waals surface area contributed by atoms with Crippen molar-refractivity contribution in [3.8, 4) is 0 Å². The number of thiophene rings is 1. The minimum Gasteiger partial charge on any atom is -0.207 e. The Morgan fingerprint density at radius 1 is 1.43 bits per heavy atom. The molecule has 0 nitrogen and oxygen atoms in total. The molecule has 0 saturated carbocycles. The van der Waals surface area contributed by atoms with Crippen LogP contribution < -0.4 is 0 Å². The van der Waals surface area contributed by atoms with E-state index in [9.17, 15) is 4.39 Å². The predicted octanol–water partition coefficient (Wildman–Crippen LogP) is 4.38. The molecule has 1 aromatic carbocycles. The van der Waals surface area contributed by atoms with Crippen molar-refractivity contribution >= 4 is 27.0 Å². The standard InChI is InChI=1S/C12H11FS/c1-7(2)12-8(3)10-6-9(13)4-5-11(10)14-12/h4-6H,1H2,2-3H3. The highest BCUT2D eigenvalue weighted by molar-refractivity contribution is 7.20. The van der Waals surface area contributed by atoms with Gasteiger partial charge in [0.25, 0.3) is 0 Å². The molecule has 2 aromatic rings. The van der Waals surface area contributed by atoms with Crippen LogP contribution in [0.1, 0.15) is 17.4 Å². The van der Waals surface area contributed by atoms with E-state index in [0.717, 1.165) is 21.2 Å². The van der Waals surface area contributed by atoms with Crippen LogP contribution in [0.25, 0.3) is 15.7 Å². The Kier molecular flexibility index (Phi) is 2.16. The molecule has 0 amide bonds. The lowest BCUT2D eigenvalue weighted by atomic mass is 10.1. The summed E-state index contributed by atoms with van der Waals surface area (Å²) in [6, 6.07) is 4.92. The van der Waals surface area contributed by atoms with E-state index in [1.165, 1.54) is 10.9 Å². The van der Waals surface area contributed by atoms with Crippen molar-refractivity contribution in [2.24, 2.45) is 0 Å². The Labute approximate surface area is 86.7 Å². The largest absolute Gasteiger partial charge is 0.207 e. The van der Waals surface area contributed by atoms with E-state index in [1.807, 2.05) is 19.9 Å². The Bertz CT molecular complexity index is 508. The van der Waals surface area contributed by atoms with Crippen molar-refractivity contribution in [2.75, 3.05) is 0 Å². The van der Waals surface area contributed by atoms with Gasteiger partial charge in [-0.25, -0.2) is 4.39 Å². The van der Waals surface area contributed by atoms with Crippen molar-refractivity contribution in [2.45, 2.75) is 13.8 Å². The zero-order chi connectivity index (χ0) is 10.3. The molecular weight excluding hydrogens is 195 g/mol. The van der Waals surface area contributed by atoms with Crippen LogP contribution in [0.15, 0.2) is 24.8 Å². The van der Waals surface area contributed by atoms with Crippen LogP contribution in [0.4, 0.5) is 4.39 Å². The number of fused-ring (bicyclic) bond motifs is 1. The minimum absolute atomic E-state index is 0.174. The molecule has 72 valence electrons. The van der Waals surface area contributed by atoms with E-state index in [1.54, 1.807) is 17.4 Å². The second kappa shape index (κ2) is 3.21. The summed E-state index contributed by atoms with van der Waals surface area (Å²) in [4.78, 5) is 1.17. The molecular formula is C12H11FS. The first kappa shape index (κ1) is 9.41. The highest BCUT2D eigenvalue weighted by atomic mass is 32.1. The molecule has 0 aliphatic heterocycles. The molecule has 0 spiro atoms. The smallest absolute Gasteiger partial charge is 0.123 e. The number of hydrogen-bond donors (Lipinski definition) is 0. The summed E-state index contributed by atoms with van der Waals surface area (Å²) in [5.74, 6) is -0.174. The Morgan fingerprint density at radius 2 is 2.14 bits per heavy atom. The second-order valence-corrected chi connectivity index (χ2v) is 4.53. The molecule has 2 heteroatoms. The van der Waals surface area contributed by atoms with Gasteiger partial charge >= 0.3 is 0 Å². The zero-order valence-electron chi connectivity index (χ0n) is 8.23. The van der Waals surface area contributed by atoms with Gasteiger partial charge in [-0.05, 0) is 48.6 Å². The van der Waals surface area contributed by atoms with Crippen LogP contribution in [0, 0.1) is 12.7 Å². The topological polar surface area (TPSA) is 0 Å². The molecule has 2 rings (SSSR count). The maximum atomic E-state index is 13.0. The van der Waals surface area contributed by atoms with Crippen molar-refractivity contribution in [1.82, 2.24) is 0 Å². The van der Waals surface area contributed by atoms with E-state index >= 15 is 0 Å². The second-order valence-electron chi connectivity index (χ2n) is 3.48. The van der Waals surface area contributed by atoms with Gasteiger partial charge in [-0.1, -0.05) is 6.58 Å². The minimum atomic E-state index is -0.174. The number of halogens is 1. The first-order valence-electron chi connectivity index (χ1n) is 4.44. The number of benzene rings is 1. The zero-order valence-corrected chi connectivity index (χ0v) is 9.04. The maximum Gasteiger partial charge on any atom is 0.123 e. The van der Waals surface area contributed by atoms with Crippen LogP contribution in [-0.2, 0) is 0 Å². The van der Waals surface area contributed by atoms with Crippen LogP contribution >= 0.6 is 11.3 Å². The lowest BCUT2D eigenvalue weighted by Gasteiger charge is -1.95. The van der Waals surface area contributed by atoms with Gasteiger partial charge in [-0.3, -0.25) is 0 Å². The first-order valence-corrected chi connectivity index (χ1v) is 5.26. The average Bonchev–Trinajstić information content (AvgIpc) is 2.44. The van der Waals surface area contributed by atoms with Gasteiger partial charge in [0, 0.05) is 9.58 Å². The van der Waals surface area contributed by atoms with Gasteiger partial charge in [0.2, 0.25) is 0 Å². The van der Waals surface area contributed by atoms with Gasteiger partial charge in [-0.15, -0.1) is 11.3 Å². The maximum absolute atomic E-state index is 13.0. The Morgan fingerprint density at radius 3 is 2.79 bits per heavy atom. The molecule has 0 radical (unpaired) electrons. The molecule has 0 aliphatic carbocycles. The van der Waals surface area contributed by atoms with Crippen molar-refractivity contribution in [3.05, 3.63) is 41.0 Å². The normalized spacial score (nSPS) is 10.8. The predicted molar refractivity (Wildman–Crippen MR) is 61.2 cm³/mol. The van der Waals surface area contributed by atoms with Crippen molar-refractivity contribution in [3.63, 3.8) is 0 Å². The lowest BCUT2D eigenvalue weighted by molar-refractivity contribution is 0.630. The summed E-state index contributed by atoms with van der Waals surface area (Å²) >= 11 is 1.67. The van der Waals surface area contributed by atoms with Gasteiger partial charge in [-0.2, -0.15) is 0 Å². The van der Waals surface area contributed by atoms with Gasteiger partial charge < -0.3 is 0 Å². The SMILES string of the molecule is C=C(C)c1sc2ccc(F)cc2c1C. The quantitative estimate of drug-likeness (QED) is 0.649. The molecule has 14 heavy (non-hydrogen) atoms. The fourth-order valence-electron chi connectivity index (χ4n) is 1.60. The van der Waals surface area contributed by atoms with Crippen LogP contribution in [0.5, 0.6) is 0 Å². The molecule has 1 heterocycles. The fourth-order valence-corrected chi connectivity index (χ4v) is 2.72. The number of hydrogen-bond acceptors (Lipinski definition) is 1. The third-order valence-corrected chi connectivity index (χ3v) is 3.72. The van der Waals surface area contributed by atoms with E-state index in [-0.39, 0.29) is 5.82 Å². The van der Waals surface area contributed by atoms with Crippen LogP contribution in [0.3, 0.4) is 0 Å². The summed E-state index contributed by atoms with van der Waals surface area (Å²) < 4.78 is 14.1. The van der Waals surface area contributed by atoms with E-state index < -0.39 is 0 Å². The van der Waals surface area contributed by atoms with Gasteiger partial charge in [0.1, 0.15) is 5.82 Å². The molecule has 0 bridgehead atoms. The summed E-state index contributed by atoms with van der Waals surface area (Å²) in [5.41, 5.74) is 2.18. The highest BCUT2D eigenvalue weighted by Gasteiger charge is 2.08. The van der Waals surface area contributed by atoms with E-state index in [4.69, 9.17) is 0 Å². The van der Waals surface area contributed by atoms with Gasteiger partial charge in [0.15, 0.2) is 0 Å². The molecule has 0 aliphatic rings. The average molecular weight is 206 g/mol. The first-order chi connectivity index (χ1) is 6.59. The summed E-state index contributed by atoms with van der Waals surface area (Å²) in [6.07, 6.45) is 0.